The maximum Gasteiger partial charge on any atom is 0.337 e. The van der Waals surface area contributed by atoms with Gasteiger partial charge in [-0.15, -0.1) is 0 Å². The molecule has 8 heteroatoms. The van der Waals surface area contributed by atoms with Crippen LogP contribution in [0.1, 0.15) is 15.9 Å². The van der Waals surface area contributed by atoms with Crippen molar-refractivity contribution in [2.75, 3.05) is 39.7 Å². The second-order valence-electron chi connectivity index (χ2n) is 4.99. The first kappa shape index (κ1) is 16.7. The lowest BCUT2D eigenvalue weighted by atomic mass is 10.1. The highest BCUT2D eigenvalue weighted by Gasteiger charge is 2.18. The fourth-order valence-corrected chi connectivity index (χ4v) is 2.65. The van der Waals surface area contributed by atoms with Crippen LogP contribution in [0.5, 0.6) is 5.75 Å². The van der Waals surface area contributed by atoms with Crippen LogP contribution in [0.3, 0.4) is 0 Å². The molecule has 1 fully saturated rings. The van der Waals surface area contributed by atoms with Crippen molar-refractivity contribution in [2.24, 2.45) is 0 Å². The summed E-state index contributed by atoms with van der Waals surface area (Å²) < 4.78 is 37.8. The minimum absolute atomic E-state index is 0.150. The lowest BCUT2D eigenvalue weighted by Gasteiger charge is -2.27. The maximum absolute atomic E-state index is 11.6. The minimum atomic E-state index is -3.68. The van der Waals surface area contributed by atoms with E-state index in [1.165, 1.54) is 13.2 Å². The average molecular weight is 329 g/mol. The summed E-state index contributed by atoms with van der Waals surface area (Å²) in [6.45, 7) is 3.33. The van der Waals surface area contributed by atoms with E-state index in [0.717, 1.165) is 19.3 Å². The first-order valence-corrected chi connectivity index (χ1v) is 8.61. The quantitative estimate of drug-likeness (QED) is 0.579. The van der Waals surface area contributed by atoms with E-state index < -0.39 is 16.1 Å². The van der Waals surface area contributed by atoms with Crippen molar-refractivity contribution in [3.05, 3.63) is 29.3 Å². The van der Waals surface area contributed by atoms with Gasteiger partial charge in [-0.2, -0.15) is 8.42 Å². The third-order valence-electron chi connectivity index (χ3n) is 3.23. The van der Waals surface area contributed by atoms with E-state index >= 15 is 0 Å². The normalized spacial score (nSPS) is 16.3. The first-order chi connectivity index (χ1) is 10.4. The van der Waals surface area contributed by atoms with E-state index in [9.17, 15) is 13.2 Å². The summed E-state index contributed by atoms with van der Waals surface area (Å²) in [7, 11) is -2.42. The molecule has 2 rings (SSSR count). The SMILES string of the molecule is COC(=O)c1ccc(CN2CCOCC2)c(OS(C)(=O)=O)c1. The molecule has 0 aliphatic carbocycles. The van der Waals surface area contributed by atoms with Gasteiger partial charge in [-0.1, -0.05) is 6.07 Å². The largest absolute Gasteiger partial charge is 0.465 e. The van der Waals surface area contributed by atoms with Crippen molar-refractivity contribution < 1.29 is 26.9 Å². The molecule has 1 aliphatic rings. The summed E-state index contributed by atoms with van der Waals surface area (Å²) in [5.74, 6) is -0.395. The molecule has 0 spiro atoms. The number of esters is 1. The number of nitrogens with zero attached hydrogens (tertiary/aromatic N) is 1. The Morgan fingerprint density at radius 3 is 2.59 bits per heavy atom. The highest BCUT2D eigenvalue weighted by Crippen LogP contribution is 2.24. The highest BCUT2D eigenvalue weighted by molar-refractivity contribution is 7.86. The molecule has 0 atom stereocenters. The Kier molecular flexibility index (Phi) is 5.38. The van der Waals surface area contributed by atoms with Crippen LogP contribution in [-0.2, 0) is 26.1 Å². The first-order valence-electron chi connectivity index (χ1n) is 6.80. The van der Waals surface area contributed by atoms with Crippen molar-refractivity contribution in [1.29, 1.82) is 0 Å². The Labute approximate surface area is 129 Å². The molecule has 1 aromatic rings. The van der Waals surface area contributed by atoms with Gasteiger partial charge >= 0.3 is 16.1 Å². The van der Waals surface area contributed by atoms with E-state index in [0.29, 0.717) is 25.3 Å². The van der Waals surface area contributed by atoms with Crippen molar-refractivity contribution in [3.63, 3.8) is 0 Å². The molecule has 122 valence electrons. The summed E-state index contributed by atoms with van der Waals surface area (Å²) in [5, 5.41) is 0. The van der Waals surface area contributed by atoms with E-state index in [1.54, 1.807) is 12.1 Å². The molecule has 0 radical (unpaired) electrons. The molecule has 0 bridgehead atoms. The number of ether oxygens (including phenoxy) is 2. The second kappa shape index (κ2) is 7.08. The number of rotatable bonds is 5. The Bertz CT molecular complexity index is 637. The smallest absolute Gasteiger partial charge is 0.337 e. The van der Waals surface area contributed by atoms with Crippen molar-refractivity contribution in [1.82, 2.24) is 4.90 Å². The van der Waals surface area contributed by atoms with Gasteiger partial charge in [0.1, 0.15) is 5.75 Å². The lowest BCUT2D eigenvalue weighted by Crippen LogP contribution is -2.35. The number of carbonyl (C=O) groups is 1. The summed E-state index contributed by atoms with van der Waals surface area (Å²) in [6, 6.07) is 4.67. The number of carbonyl (C=O) groups excluding carboxylic acids is 1. The lowest BCUT2D eigenvalue weighted by molar-refractivity contribution is 0.0340. The molecule has 0 saturated carbocycles. The van der Waals surface area contributed by atoms with Crippen LogP contribution in [0.4, 0.5) is 0 Å². The van der Waals surface area contributed by atoms with E-state index in [4.69, 9.17) is 8.92 Å². The van der Waals surface area contributed by atoms with Crippen LogP contribution in [0.25, 0.3) is 0 Å². The van der Waals surface area contributed by atoms with Gasteiger partial charge in [0.15, 0.2) is 0 Å². The summed E-state index contributed by atoms with van der Waals surface area (Å²) in [4.78, 5) is 13.7. The van der Waals surface area contributed by atoms with Gasteiger partial charge in [-0.05, 0) is 12.1 Å². The van der Waals surface area contributed by atoms with E-state index in [2.05, 4.69) is 9.64 Å². The van der Waals surface area contributed by atoms with Gasteiger partial charge in [0, 0.05) is 25.2 Å². The topological polar surface area (TPSA) is 82.1 Å². The summed E-state index contributed by atoms with van der Waals surface area (Å²) in [6.07, 6.45) is 0.969. The fourth-order valence-electron chi connectivity index (χ4n) is 2.17. The van der Waals surface area contributed by atoms with Crippen molar-refractivity contribution in [3.8, 4) is 5.75 Å². The highest BCUT2D eigenvalue weighted by atomic mass is 32.2. The zero-order valence-corrected chi connectivity index (χ0v) is 13.4. The second-order valence-corrected chi connectivity index (χ2v) is 6.56. The zero-order valence-electron chi connectivity index (χ0n) is 12.6. The number of hydrogen-bond donors (Lipinski definition) is 0. The summed E-state index contributed by atoms with van der Waals surface area (Å²) >= 11 is 0. The molecule has 0 amide bonds. The van der Waals surface area contributed by atoms with Crippen LogP contribution in [0, 0.1) is 0 Å². The molecule has 1 heterocycles. The number of benzene rings is 1. The van der Waals surface area contributed by atoms with E-state index in [1.807, 2.05) is 0 Å². The summed E-state index contributed by atoms with van der Waals surface area (Å²) in [5.41, 5.74) is 0.937. The molecular weight excluding hydrogens is 310 g/mol. The van der Waals surface area contributed by atoms with Crippen LogP contribution in [0.15, 0.2) is 18.2 Å². The third-order valence-corrected chi connectivity index (χ3v) is 3.71. The number of morpholine rings is 1. The molecule has 22 heavy (non-hydrogen) atoms. The number of hydrogen-bond acceptors (Lipinski definition) is 7. The van der Waals surface area contributed by atoms with Crippen molar-refractivity contribution in [2.45, 2.75) is 6.54 Å². The Balaban J connectivity index is 2.28. The molecule has 1 aromatic carbocycles. The van der Waals surface area contributed by atoms with Gasteiger partial charge in [0.25, 0.3) is 0 Å². The van der Waals surface area contributed by atoms with Crippen LogP contribution >= 0.6 is 0 Å². The fraction of sp³-hybridized carbons (Fsp3) is 0.500. The molecule has 0 N–H and O–H groups in total. The molecule has 1 aliphatic heterocycles. The average Bonchev–Trinajstić information content (AvgIpc) is 2.48. The molecule has 0 unspecified atom stereocenters. The minimum Gasteiger partial charge on any atom is -0.465 e. The number of methoxy groups -OCH3 is 1. The standard InChI is InChI=1S/C14H19NO6S/c1-19-14(16)11-3-4-12(10-15-5-7-20-8-6-15)13(9-11)21-22(2,17)18/h3-4,9H,5-8,10H2,1-2H3. The maximum atomic E-state index is 11.6. The molecule has 1 saturated heterocycles. The van der Waals surface area contributed by atoms with Gasteiger partial charge < -0.3 is 13.7 Å². The van der Waals surface area contributed by atoms with Crippen LogP contribution in [0.2, 0.25) is 0 Å². The zero-order chi connectivity index (χ0) is 16.2. The van der Waals surface area contributed by atoms with Crippen LogP contribution < -0.4 is 4.18 Å². The van der Waals surface area contributed by atoms with Crippen molar-refractivity contribution >= 4 is 16.1 Å². The Morgan fingerprint density at radius 1 is 1.32 bits per heavy atom. The van der Waals surface area contributed by atoms with Gasteiger partial charge in [-0.3, -0.25) is 4.90 Å². The molecule has 7 nitrogen and oxygen atoms in total. The van der Waals surface area contributed by atoms with E-state index in [-0.39, 0.29) is 11.3 Å². The van der Waals surface area contributed by atoms with Crippen LogP contribution in [-0.4, -0.2) is 59.0 Å². The predicted octanol–water partition coefficient (Wildman–Crippen LogP) is 0.644. The Morgan fingerprint density at radius 2 is 2.00 bits per heavy atom. The molecular formula is C14H19NO6S. The predicted molar refractivity (Wildman–Crippen MR) is 79.3 cm³/mol. The van der Waals surface area contributed by atoms with Gasteiger partial charge in [0.05, 0.1) is 32.1 Å². The molecule has 0 aromatic heterocycles. The third kappa shape index (κ3) is 4.69. The Hall–Kier alpha value is -1.64. The van der Waals surface area contributed by atoms with Gasteiger partial charge in [-0.25, -0.2) is 4.79 Å². The monoisotopic (exact) mass is 329 g/mol. The van der Waals surface area contributed by atoms with Gasteiger partial charge in [0.2, 0.25) is 0 Å².